The van der Waals surface area contributed by atoms with E-state index in [2.05, 4.69) is 4.98 Å². The number of ether oxygens (including phenoxy) is 4. The topological polar surface area (TPSA) is 101 Å². The fourth-order valence-electron chi connectivity index (χ4n) is 2.83. The summed E-state index contributed by atoms with van der Waals surface area (Å²) in [5, 5.41) is 1.07. The van der Waals surface area contributed by atoms with Gasteiger partial charge in [0.25, 0.3) is 0 Å². The third kappa shape index (κ3) is 6.35. The second-order valence-corrected chi connectivity index (χ2v) is 7.84. The highest BCUT2D eigenvalue weighted by molar-refractivity contribution is 7.99. The Morgan fingerprint density at radius 3 is 2.36 bits per heavy atom. The van der Waals surface area contributed by atoms with Crippen molar-refractivity contribution in [3.8, 4) is 0 Å². The van der Waals surface area contributed by atoms with Crippen LogP contribution in [0.4, 0.5) is 0 Å². The van der Waals surface area contributed by atoms with Gasteiger partial charge in [-0.15, -0.1) is 0 Å². The van der Waals surface area contributed by atoms with Crippen LogP contribution in [0, 0.1) is 5.92 Å². The summed E-state index contributed by atoms with van der Waals surface area (Å²) in [7, 11) is 0. The first-order chi connectivity index (χ1) is 13.2. The van der Waals surface area contributed by atoms with Gasteiger partial charge in [-0.1, -0.05) is 30.3 Å². The molecule has 28 heavy (non-hydrogen) atoms. The fraction of sp³-hybridized carbons (Fsp3) is 0.556. The molecule has 2 rings (SSSR count). The number of carbonyl (C=O) groups excluding carboxylic acids is 3. The molecule has 5 atom stereocenters. The molecule has 0 radical (unpaired) electrons. The van der Waals surface area contributed by atoms with Crippen molar-refractivity contribution in [2.24, 2.45) is 5.92 Å². The molecule has 2 heterocycles. The lowest BCUT2D eigenvalue weighted by Gasteiger charge is -2.43. The number of hydrogen-bond acceptors (Lipinski definition) is 9. The Labute approximate surface area is 172 Å². The molecule has 0 amide bonds. The highest BCUT2D eigenvalue weighted by Crippen LogP contribution is 2.38. The fourth-order valence-corrected chi connectivity index (χ4v) is 4.24. The van der Waals surface area contributed by atoms with Gasteiger partial charge in [0.2, 0.25) is 0 Å². The van der Waals surface area contributed by atoms with Gasteiger partial charge in [-0.2, -0.15) is 0 Å². The Hall–Kier alpha value is -1.84. The summed E-state index contributed by atoms with van der Waals surface area (Å²) < 4.78 is 21.9. The van der Waals surface area contributed by atoms with Gasteiger partial charge in [0.15, 0.2) is 0 Å². The molecule has 0 saturated carbocycles. The van der Waals surface area contributed by atoms with Crippen LogP contribution in [0.5, 0.6) is 0 Å². The van der Waals surface area contributed by atoms with Crippen LogP contribution in [0.15, 0.2) is 23.4 Å². The van der Waals surface area contributed by atoms with Crippen LogP contribution in [-0.2, 0) is 33.3 Å². The van der Waals surface area contributed by atoms with Crippen molar-refractivity contribution in [3.05, 3.63) is 23.4 Å². The smallest absolute Gasteiger partial charge is 0.303 e. The quantitative estimate of drug-likeness (QED) is 0.496. The minimum atomic E-state index is -0.759. The summed E-state index contributed by atoms with van der Waals surface area (Å²) in [5.74, 6) is -1.91. The van der Waals surface area contributed by atoms with Crippen molar-refractivity contribution in [1.82, 2.24) is 4.98 Å². The number of hydrogen-bond donors (Lipinski definition) is 0. The molecule has 10 heteroatoms. The molecule has 1 fully saturated rings. The second-order valence-electron chi connectivity index (χ2n) is 6.28. The standard InChI is InChI=1S/C18H22ClNO7S/c1-9-16(25-11(3)22)14(8-24-10(2)21)27-18(17(9)26-12(4)23)28-15-7-13(19)5-6-20-15/h5-7,9,14,16-18H,8H2,1-4H3/t9?,14?,16-,17?,18-/m1/s1. The van der Waals surface area contributed by atoms with Gasteiger partial charge in [0.1, 0.15) is 35.4 Å². The maximum absolute atomic E-state index is 11.6. The zero-order valence-corrected chi connectivity index (χ0v) is 17.5. The van der Waals surface area contributed by atoms with Crippen LogP contribution in [0.25, 0.3) is 0 Å². The summed E-state index contributed by atoms with van der Waals surface area (Å²) in [5.41, 5.74) is -0.669. The van der Waals surface area contributed by atoms with Crippen molar-refractivity contribution >= 4 is 41.3 Å². The van der Waals surface area contributed by atoms with E-state index in [1.165, 1.54) is 32.5 Å². The van der Waals surface area contributed by atoms with E-state index in [1.807, 2.05) is 0 Å². The number of halogens is 1. The monoisotopic (exact) mass is 431 g/mol. The van der Waals surface area contributed by atoms with Gasteiger partial charge in [0.05, 0.1) is 0 Å². The summed E-state index contributed by atoms with van der Waals surface area (Å²) in [4.78, 5) is 38.6. The minimum Gasteiger partial charge on any atom is -0.463 e. The number of thioether (sulfide) groups is 1. The van der Waals surface area contributed by atoms with Gasteiger partial charge in [-0.3, -0.25) is 14.4 Å². The molecule has 1 saturated heterocycles. The number of aromatic nitrogens is 1. The number of esters is 3. The molecule has 154 valence electrons. The summed E-state index contributed by atoms with van der Waals surface area (Å²) in [6.45, 7) is 5.51. The predicted molar refractivity (Wildman–Crippen MR) is 101 cm³/mol. The summed E-state index contributed by atoms with van der Waals surface area (Å²) >= 11 is 7.23. The molecule has 8 nitrogen and oxygen atoms in total. The lowest BCUT2D eigenvalue weighted by molar-refractivity contribution is -0.212. The third-order valence-corrected chi connectivity index (χ3v) is 5.28. The summed E-state index contributed by atoms with van der Waals surface area (Å²) in [6.07, 6.45) is -0.659. The van der Waals surface area contributed by atoms with Crippen LogP contribution in [-0.4, -0.2) is 53.2 Å². The summed E-state index contributed by atoms with van der Waals surface area (Å²) in [6, 6.07) is 3.30. The van der Waals surface area contributed by atoms with Crippen molar-refractivity contribution in [2.45, 2.75) is 56.5 Å². The van der Waals surface area contributed by atoms with E-state index in [0.717, 1.165) is 0 Å². The Balaban J connectivity index is 2.29. The van der Waals surface area contributed by atoms with Crippen LogP contribution >= 0.6 is 23.4 Å². The van der Waals surface area contributed by atoms with E-state index >= 15 is 0 Å². The van der Waals surface area contributed by atoms with Gasteiger partial charge in [-0.25, -0.2) is 4.98 Å². The van der Waals surface area contributed by atoms with E-state index in [0.29, 0.717) is 10.0 Å². The van der Waals surface area contributed by atoms with E-state index in [-0.39, 0.29) is 6.61 Å². The Kier molecular flexibility index (Phi) is 8.09. The molecule has 0 N–H and O–H groups in total. The second kappa shape index (κ2) is 10.1. The molecule has 0 aromatic carbocycles. The van der Waals surface area contributed by atoms with Crippen molar-refractivity contribution in [3.63, 3.8) is 0 Å². The molecule has 1 aromatic rings. The molecule has 0 spiro atoms. The number of pyridine rings is 1. The highest BCUT2D eigenvalue weighted by Gasteiger charge is 2.48. The van der Waals surface area contributed by atoms with Crippen LogP contribution in [0.3, 0.4) is 0 Å². The molecular weight excluding hydrogens is 410 g/mol. The molecule has 0 aliphatic carbocycles. The minimum absolute atomic E-state index is 0.107. The highest BCUT2D eigenvalue weighted by atomic mass is 35.5. The zero-order valence-electron chi connectivity index (χ0n) is 15.9. The van der Waals surface area contributed by atoms with Crippen molar-refractivity contribution in [2.75, 3.05) is 6.61 Å². The first-order valence-electron chi connectivity index (χ1n) is 8.59. The Morgan fingerprint density at radius 2 is 1.79 bits per heavy atom. The van der Waals surface area contributed by atoms with E-state index in [1.54, 1.807) is 25.3 Å². The molecule has 1 aliphatic rings. The predicted octanol–water partition coefficient (Wildman–Crippen LogP) is 2.61. The lowest BCUT2D eigenvalue weighted by atomic mass is 9.91. The average molecular weight is 432 g/mol. The van der Waals surface area contributed by atoms with Gasteiger partial charge < -0.3 is 18.9 Å². The number of rotatable bonds is 6. The largest absolute Gasteiger partial charge is 0.463 e. The third-order valence-electron chi connectivity index (χ3n) is 3.97. The zero-order chi connectivity index (χ0) is 20.8. The average Bonchev–Trinajstić information content (AvgIpc) is 2.58. The molecule has 0 bridgehead atoms. The molecule has 1 aliphatic heterocycles. The van der Waals surface area contributed by atoms with Crippen LogP contribution in [0.2, 0.25) is 5.02 Å². The van der Waals surface area contributed by atoms with Gasteiger partial charge >= 0.3 is 17.9 Å². The first kappa shape index (κ1) is 22.4. The van der Waals surface area contributed by atoms with E-state index in [4.69, 9.17) is 30.5 Å². The number of carbonyl (C=O) groups is 3. The molecule has 3 unspecified atom stereocenters. The van der Waals surface area contributed by atoms with Crippen molar-refractivity contribution < 1.29 is 33.3 Å². The lowest BCUT2D eigenvalue weighted by Crippen LogP contribution is -2.56. The first-order valence-corrected chi connectivity index (χ1v) is 9.84. The SMILES string of the molecule is CC(=O)OCC1O[C@H](Sc2cc(Cl)ccn2)C(OC(C)=O)C(C)[C@H]1OC(C)=O. The van der Waals surface area contributed by atoms with Gasteiger partial charge in [-0.05, 0) is 12.1 Å². The van der Waals surface area contributed by atoms with Crippen LogP contribution < -0.4 is 0 Å². The van der Waals surface area contributed by atoms with Crippen molar-refractivity contribution in [1.29, 1.82) is 0 Å². The Morgan fingerprint density at radius 1 is 1.14 bits per heavy atom. The van der Waals surface area contributed by atoms with E-state index < -0.39 is 47.6 Å². The number of nitrogens with zero attached hydrogens (tertiary/aromatic N) is 1. The van der Waals surface area contributed by atoms with Crippen LogP contribution in [0.1, 0.15) is 27.7 Å². The van der Waals surface area contributed by atoms with Gasteiger partial charge in [0, 0.05) is 37.9 Å². The Bertz CT molecular complexity index is 730. The van der Waals surface area contributed by atoms with E-state index in [9.17, 15) is 14.4 Å². The normalized spacial score (nSPS) is 27.0. The molecular formula is C18H22ClNO7S. The maximum atomic E-state index is 11.6. The maximum Gasteiger partial charge on any atom is 0.303 e. The molecule has 1 aromatic heterocycles.